The first-order valence-corrected chi connectivity index (χ1v) is 8.95. The van der Waals surface area contributed by atoms with Crippen LogP contribution < -0.4 is 5.73 Å². The van der Waals surface area contributed by atoms with Crippen LogP contribution in [0.3, 0.4) is 0 Å². The summed E-state index contributed by atoms with van der Waals surface area (Å²) in [6, 6.07) is 11.9. The quantitative estimate of drug-likeness (QED) is 0.776. The Balaban J connectivity index is 1.77. The van der Waals surface area contributed by atoms with Crippen molar-refractivity contribution in [2.45, 2.75) is 56.0 Å². The number of nitrogens with zero attached hydrogens (tertiary/aromatic N) is 1. The summed E-state index contributed by atoms with van der Waals surface area (Å²) >= 11 is 1.97. The van der Waals surface area contributed by atoms with Gasteiger partial charge in [0, 0.05) is 29.3 Å². The van der Waals surface area contributed by atoms with E-state index in [1.807, 2.05) is 11.8 Å². The standard InChI is InChI=1S/C17H28N2S/c1-2-12-19(16-10-8-15(18)9-11-16)13-14-20-17-6-4-3-5-7-17/h3-7,15-16H,2,8-14,18H2,1H3. The van der Waals surface area contributed by atoms with Gasteiger partial charge in [-0.25, -0.2) is 0 Å². The molecule has 0 spiro atoms. The van der Waals surface area contributed by atoms with Crippen molar-refractivity contribution in [2.75, 3.05) is 18.8 Å². The van der Waals surface area contributed by atoms with Crippen LogP contribution in [0.5, 0.6) is 0 Å². The van der Waals surface area contributed by atoms with Crippen LogP contribution in [-0.2, 0) is 0 Å². The monoisotopic (exact) mass is 292 g/mol. The molecule has 0 amide bonds. The minimum Gasteiger partial charge on any atom is -0.328 e. The van der Waals surface area contributed by atoms with Crippen molar-refractivity contribution in [3.05, 3.63) is 30.3 Å². The molecule has 0 heterocycles. The summed E-state index contributed by atoms with van der Waals surface area (Å²) in [6.07, 6.45) is 6.24. The van der Waals surface area contributed by atoms with Crippen LogP contribution in [0.1, 0.15) is 39.0 Å². The molecule has 20 heavy (non-hydrogen) atoms. The average Bonchev–Trinajstić information content (AvgIpc) is 2.48. The van der Waals surface area contributed by atoms with Gasteiger partial charge >= 0.3 is 0 Å². The number of nitrogens with two attached hydrogens (primary N) is 1. The van der Waals surface area contributed by atoms with Gasteiger partial charge in [-0.3, -0.25) is 4.90 Å². The molecule has 0 bridgehead atoms. The molecule has 3 heteroatoms. The highest BCUT2D eigenvalue weighted by molar-refractivity contribution is 7.99. The van der Waals surface area contributed by atoms with Gasteiger partial charge in [0.2, 0.25) is 0 Å². The maximum Gasteiger partial charge on any atom is 0.0108 e. The van der Waals surface area contributed by atoms with Crippen molar-refractivity contribution >= 4 is 11.8 Å². The second-order valence-electron chi connectivity index (χ2n) is 5.77. The Kier molecular flexibility index (Phi) is 6.91. The lowest BCUT2D eigenvalue weighted by molar-refractivity contribution is 0.158. The van der Waals surface area contributed by atoms with E-state index in [1.54, 1.807) is 0 Å². The van der Waals surface area contributed by atoms with Gasteiger partial charge in [-0.05, 0) is 50.8 Å². The van der Waals surface area contributed by atoms with Crippen molar-refractivity contribution in [3.63, 3.8) is 0 Å². The average molecular weight is 292 g/mol. The molecule has 0 aliphatic heterocycles. The van der Waals surface area contributed by atoms with E-state index in [1.165, 1.54) is 55.8 Å². The zero-order valence-electron chi connectivity index (χ0n) is 12.6. The molecule has 1 aromatic carbocycles. The van der Waals surface area contributed by atoms with Gasteiger partial charge < -0.3 is 5.73 Å². The molecule has 1 aliphatic carbocycles. The molecule has 1 saturated carbocycles. The van der Waals surface area contributed by atoms with Gasteiger partial charge in [0.15, 0.2) is 0 Å². The zero-order chi connectivity index (χ0) is 14.2. The van der Waals surface area contributed by atoms with Crippen LogP contribution in [0, 0.1) is 0 Å². The molecule has 0 saturated heterocycles. The van der Waals surface area contributed by atoms with Crippen molar-refractivity contribution in [1.82, 2.24) is 4.90 Å². The molecule has 2 rings (SSSR count). The number of hydrogen-bond acceptors (Lipinski definition) is 3. The van der Waals surface area contributed by atoms with Crippen molar-refractivity contribution in [3.8, 4) is 0 Å². The van der Waals surface area contributed by atoms with E-state index in [4.69, 9.17) is 5.73 Å². The summed E-state index contributed by atoms with van der Waals surface area (Å²) in [4.78, 5) is 4.08. The van der Waals surface area contributed by atoms with Crippen molar-refractivity contribution < 1.29 is 0 Å². The van der Waals surface area contributed by atoms with Crippen molar-refractivity contribution in [2.24, 2.45) is 5.73 Å². The van der Waals surface area contributed by atoms with Crippen molar-refractivity contribution in [1.29, 1.82) is 0 Å². The maximum absolute atomic E-state index is 6.02. The van der Waals surface area contributed by atoms with Crippen LogP contribution >= 0.6 is 11.8 Å². The fourth-order valence-corrected chi connectivity index (χ4v) is 3.94. The second kappa shape index (κ2) is 8.71. The molecule has 0 radical (unpaired) electrons. The Morgan fingerprint density at radius 1 is 1.10 bits per heavy atom. The summed E-state index contributed by atoms with van der Waals surface area (Å²) < 4.78 is 0. The first kappa shape index (κ1) is 15.9. The molecule has 2 nitrogen and oxygen atoms in total. The minimum absolute atomic E-state index is 0.452. The second-order valence-corrected chi connectivity index (χ2v) is 6.93. The van der Waals surface area contributed by atoms with E-state index < -0.39 is 0 Å². The third kappa shape index (κ3) is 5.12. The summed E-state index contributed by atoms with van der Waals surface area (Å²) in [5.74, 6) is 1.19. The summed E-state index contributed by atoms with van der Waals surface area (Å²) in [6.45, 7) is 4.72. The van der Waals surface area contributed by atoms with Gasteiger partial charge in [-0.15, -0.1) is 11.8 Å². The Bertz CT molecular complexity index is 361. The van der Waals surface area contributed by atoms with E-state index in [0.29, 0.717) is 6.04 Å². The molecule has 2 N–H and O–H groups in total. The molecule has 112 valence electrons. The Hall–Kier alpha value is -0.510. The molecule has 1 fully saturated rings. The van der Waals surface area contributed by atoms with Crippen LogP contribution in [0.25, 0.3) is 0 Å². The van der Waals surface area contributed by atoms with Gasteiger partial charge in [-0.1, -0.05) is 25.1 Å². The van der Waals surface area contributed by atoms with Crippen LogP contribution in [0.15, 0.2) is 35.2 Å². The Morgan fingerprint density at radius 3 is 2.45 bits per heavy atom. The third-order valence-electron chi connectivity index (χ3n) is 4.16. The summed E-state index contributed by atoms with van der Waals surface area (Å²) in [5.41, 5.74) is 6.02. The lowest BCUT2D eigenvalue weighted by Crippen LogP contribution is -2.42. The van der Waals surface area contributed by atoms with Gasteiger partial charge in [-0.2, -0.15) is 0 Å². The normalized spacial score (nSPS) is 23.1. The summed E-state index contributed by atoms with van der Waals surface area (Å²) in [7, 11) is 0. The lowest BCUT2D eigenvalue weighted by Gasteiger charge is -2.36. The topological polar surface area (TPSA) is 29.3 Å². The fourth-order valence-electron chi connectivity index (χ4n) is 3.03. The number of benzene rings is 1. The van der Waals surface area contributed by atoms with E-state index >= 15 is 0 Å². The number of rotatable bonds is 7. The highest BCUT2D eigenvalue weighted by Crippen LogP contribution is 2.24. The lowest BCUT2D eigenvalue weighted by atomic mass is 9.90. The van der Waals surface area contributed by atoms with E-state index in [2.05, 4.69) is 42.2 Å². The van der Waals surface area contributed by atoms with E-state index in [-0.39, 0.29) is 0 Å². The summed E-state index contributed by atoms with van der Waals surface area (Å²) in [5, 5.41) is 0. The van der Waals surface area contributed by atoms with Gasteiger partial charge in [0.05, 0.1) is 0 Å². The highest BCUT2D eigenvalue weighted by Gasteiger charge is 2.23. The first-order valence-electron chi connectivity index (χ1n) is 7.97. The molecule has 1 aromatic rings. The minimum atomic E-state index is 0.452. The van der Waals surface area contributed by atoms with E-state index in [0.717, 1.165) is 6.04 Å². The number of hydrogen-bond donors (Lipinski definition) is 1. The predicted molar refractivity (Wildman–Crippen MR) is 89.3 cm³/mol. The maximum atomic E-state index is 6.02. The molecule has 0 unspecified atom stereocenters. The molecular weight excluding hydrogens is 264 g/mol. The van der Waals surface area contributed by atoms with Gasteiger partial charge in [0.1, 0.15) is 0 Å². The SMILES string of the molecule is CCCN(CCSc1ccccc1)C1CCC(N)CC1. The fraction of sp³-hybridized carbons (Fsp3) is 0.647. The van der Waals surface area contributed by atoms with Crippen LogP contribution in [0.4, 0.5) is 0 Å². The van der Waals surface area contributed by atoms with Crippen LogP contribution in [0.2, 0.25) is 0 Å². The highest BCUT2D eigenvalue weighted by atomic mass is 32.2. The zero-order valence-corrected chi connectivity index (χ0v) is 13.4. The number of thioether (sulfide) groups is 1. The third-order valence-corrected chi connectivity index (χ3v) is 5.15. The Morgan fingerprint density at radius 2 is 1.80 bits per heavy atom. The Labute approximate surface area is 128 Å². The predicted octanol–water partition coefficient (Wildman–Crippen LogP) is 3.76. The molecule has 0 atom stereocenters. The van der Waals surface area contributed by atoms with Crippen LogP contribution in [-0.4, -0.2) is 35.8 Å². The van der Waals surface area contributed by atoms with Gasteiger partial charge in [0.25, 0.3) is 0 Å². The smallest absolute Gasteiger partial charge is 0.0108 e. The first-order chi connectivity index (χ1) is 9.79. The molecule has 0 aromatic heterocycles. The molecule has 1 aliphatic rings. The molecular formula is C17H28N2S. The largest absolute Gasteiger partial charge is 0.328 e. The van der Waals surface area contributed by atoms with E-state index in [9.17, 15) is 0 Å².